The normalized spacial score (nSPS) is 10.6. The minimum atomic E-state index is 0.579. The van der Waals surface area contributed by atoms with Crippen molar-refractivity contribution in [2.45, 2.75) is 19.8 Å². The van der Waals surface area contributed by atoms with E-state index in [1.165, 1.54) is 5.56 Å². The molecular weight excluding hydrogens is 202 g/mol. The molecule has 0 fully saturated rings. The summed E-state index contributed by atoms with van der Waals surface area (Å²) in [6, 6.07) is 8.01. The minimum Gasteiger partial charge on any atom is -0.334 e. The van der Waals surface area contributed by atoms with Crippen LogP contribution >= 0.6 is 0 Å². The van der Waals surface area contributed by atoms with Crippen LogP contribution in [0.3, 0.4) is 0 Å². The van der Waals surface area contributed by atoms with Gasteiger partial charge in [-0.1, -0.05) is 22.9 Å². The standard InChI is InChI=1S/C12H15N3O/c1-9-4-2-5-10(8-9)12-14-11(15-16-12)6-3-7-13/h2,4-5,8H,3,6-7,13H2,1H3. The van der Waals surface area contributed by atoms with Gasteiger partial charge in [0.2, 0.25) is 0 Å². The van der Waals surface area contributed by atoms with Gasteiger partial charge in [-0.15, -0.1) is 0 Å². The van der Waals surface area contributed by atoms with E-state index in [9.17, 15) is 0 Å². The van der Waals surface area contributed by atoms with Crippen molar-refractivity contribution in [1.82, 2.24) is 10.1 Å². The number of benzene rings is 1. The Kier molecular flexibility index (Phi) is 3.31. The van der Waals surface area contributed by atoms with Crippen LogP contribution in [-0.2, 0) is 6.42 Å². The molecule has 1 heterocycles. The molecule has 2 N–H and O–H groups in total. The molecule has 4 nitrogen and oxygen atoms in total. The second-order valence-corrected chi connectivity index (χ2v) is 3.78. The zero-order valence-corrected chi connectivity index (χ0v) is 9.31. The van der Waals surface area contributed by atoms with Gasteiger partial charge in [0.1, 0.15) is 0 Å². The topological polar surface area (TPSA) is 64.9 Å². The number of nitrogens with zero attached hydrogens (tertiary/aromatic N) is 2. The third-order valence-corrected chi connectivity index (χ3v) is 2.34. The average molecular weight is 217 g/mol. The Labute approximate surface area is 94.5 Å². The molecule has 0 aliphatic rings. The second-order valence-electron chi connectivity index (χ2n) is 3.78. The van der Waals surface area contributed by atoms with Crippen LogP contribution in [0.25, 0.3) is 11.5 Å². The first kappa shape index (κ1) is 10.8. The van der Waals surface area contributed by atoms with Crippen LogP contribution in [0.15, 0.2) is 28.8 Å². The fourth-order valence-electron chi connectivity index (χ4n) is 1.51. The lowest BCUT2D eigenvalue weighted by atomic mass is 10.1. The van der Waals surface area contributed by atoms with Crippen molar-refractivity contribution in [3.8, 4) is 11.5 Å². The van der Waals surface area contributed by atoms with E-state index in [1.807, 2.05) is 31.2 Å². The van der Waals surface area contributed by atoms with Crippen LogP contribution in [0.5, 0.6) is 0 Å². The monoisotopic (exact) mass is 217 g/mol. The molecule has 4 heteroatoms. The van der Waals surface area contributed by atoms with E-state index in [0.717, 1.165) is 24.2 Å². The van der Waals surface area contributed by atoms with Gasteiger partial charge in [0.15, 0.2) is 5.82 Å². The van der Waals surface area contributed by atoms with Gasteiger partial charge in [-0.05, 0) is 32.0 Å². The predicted molar refractivity (Wildman–Crippen MR) is 61.8 cm³/mol. The van der Waals surface area contributed by atoms with Gasteiger partial charge in [0, 0.05) is 12.0 Å². The number of aromatic nitrogens is 2. The molecule has 0 unspecified atom stereocenters. The number of nitrogens with two attached hydrogens (primary N) is 1. The summed E-state index contributed by atoms with van der Waals surface area (Å²) in [5.41, 5.74) is 7.57. The third-order valence-electron chi connectivity index (χ3n) is 2.34. The van der Waals surface area contributed by atoms with E-state index in [-0.39, 0.29) is 0 Å². The third kappa shape index (κ3) is 2.46. The maximum Gasteiger partial charge on any atom is 0.257 e. The first-order chi connectivity index (χ1) is 7.79. The molecule has 0 atom stereocenters. The molecule has 0 aliphatic carbocycles. The molecule has 0 radical (unpaired) electrons. The molecule has 0 amide bonds. The zero-order chi connectivity index (χ0) is 11.4. The summed E-state index contributed by atoms with van der Waals surface area (Å²) in [4.78, 5) is 4.33. The van der Waals surface area contributed by atoms with Gasteiger partial charge < -0.3 is 10.3 Å². The lowest BCUT2D eigenvalue weighted by Crippen LogP contribution is -2.01. The van der Waals surface area contributed by atoms with E-state index >= 15 is 0 Å². The van der Waals surface area contributed by atoms with Crippen molar-refractivity contribution >= 4 is 0 Å². The zero-order valence-electron chi connectivity index (χ0n) is 9.31. The van der Waals surface area contributed by atoms with E-state index in [4.69, 9.17) is 10.3 Å². The molecule has 2 rings (SSSR count). The Morgan fingerprint density at radius 3 is 3.00 bits per heavy atom. The summed E-state index contributed by atoms with van der Waals surface area (Å²) in [5.74, 6) is 1.30. The number of hydrogen-bond donors (Lipinski definition) is 1. The van der Waals surface area contributed by atoms with Gasteiger partial charge >= 0.3 is 0 Å². The van der Waals surface area contributed by atoms with Crippen molar-refractivity contribution in [2.24, 2.45) is 5.73 Å². The molecule has 0 saturated carbocycles. The highest BCUT2D eigenvalue weighted by Crippen LogP contribution is 2.18. The fraction of sp³-hybridized carbons (Fsp3) is 0.333. The van der Waals surface area contributed by atoms with Crippen LogP contribution < -0.4 is 5.73 Å². The van der Waals surface area contributed by atoms with Crippen LogP contribution in [-0.4, -0.2) is 16.7 Å². The van der Waals surface area contributed by atoms with Gasteiger partial charge in [0.05, 0.1) is 0 Å². The minimum absolute atomic E-state index is 0.579. The van der Waals surface area contributed by atoms with Crippen LogP contribution in [0.2, 0.25) is 0 Å². The highest BCUT2D eigenvalue weighted by molar-refractivity contribution is 5.53. The average Bonchev–Trinajstić information content (AvgIpc) is 2.75. The molecule has 0 aliphatic heterocycles. The van der Waals surface area contributed by atoms with Gasteiger partial charge in [0.25, 0.3) is 5.89 Å². The Balaban J connectivity index is 2.18. The van der Waals surface area contributed by atoms with E-state index < -0.39 is 0 Å². The van der Waals surface area contributed by atoms with Crippen molar-refractivity contribution in [2.75, 3.05) is 6.54 Å². The first-order valence-corrected chi connectivity index (χ1v) is 5.39. The smallest absolute Gasteiger partial charge is 0.257 e. The lowest BCUT2D eigenvalue weighted by molar-refractivity contribution is 0.422. The summed E-state index contributed by atoms with van der Waals surface area (Å²) in [6.07, 6.45) is 1.65. The van der Waals surface area contributed by atoms with Gasteiger partial charge in [-0.3, -0.25) is 0 Å². The highest BCUT2D eigenvalue weighted by Gasteiger charge is 2.07. The van der Waals surface area contributed by atoms with Crippen LogP contribution in [0, 0.1) is 6.92 Å². The van der Waals surface area contributed by atoms with E-state index in [1.54, 1.807) is 0 Å². The molecule has 0 spiro atoms. The number of rotatable bonds is 4. The van der Waals surface area contributed by atoms with Crippen LogP contribution in [0.1, 0.15) is 17.8 Å². The molecule has 0 bridgehead atoms. The van der Waals surface area contributed by atoms with Gasteiger partial charge in [-0.2, -0.15) is 4.98 Å². The number of aryl methyl sites for hydroxylation is 2. The molecule has 1 aromatic carbocycles. The van der Waals surface area contributed by atoms with E-state index in [2.05, 4.69) is 10.1 Å². The Morgan fingerprint density at radius 2 is 2.25 bits per heavy atom. The summed E-state index contributed by atoms with van der Waals surface area (Å²) in [6.45, 7) is 2.68. The molecule has 2 aromatic rings. The maximum absolute atomic E-state index is 5.43. The molecule has 16 heavy (non-hydrogen) atoms. The van der Waals surface area contributed by atoms with Crippen LogP contribution in [0.4, 0.5) is 0 Å². The molecule has 0 saturated heterocycles. The SMILES string of the molecule is Cc1cccc(-c2nc(CCCN)no2)c1. The summed E-state index contributed by atoms with van der Waals surface area (Å²) >= 11 is 0. The Bertz CT molecular complexity index is 465. The summed E-state index contributed by atoms with van der Waals surface area (Å²) in [7, 11) is 0. The van der Waals surface area contributed by atoms with Crippen molar-refractivity contribution in [3.05, 3.63) is 35.7 Å². The predicted octanol–water partition coefficient (Wildman–Crippen LogP) is 1.94. The lowest BCUT2D eigenvalue weighted by Gasteiger charge is -1.95. The fourth-order valence-corrected chi connectivity index (χ4v) is 1.51. The summed E-state index contributed by atoms with van der Waals surface area (Å²) < 4.78 is 5.20. The van der Waals surface area contributed by atoms with Crippen molar-refractivity contribution in [1.29, 1.82) is 0 Å². The highest BCUT2D eigenvalue weighted by atomic mass is 16.5. The summed E-state index contributed by atoms with van der Waals surface area (Å²) in [5, 5.41) is 3.92. The van der Waals surface area contributed by atoms with Crippen molar-refractivity contribution in [3.63, 3.8) is 0 Å². The first-order valence-electron chi connectivity index (χ1n) is 5.39. The Morgan fingerprint density at radius 1 is 1.38 bits per heavy atom. The number of hydrogen-bond acceptors (Lipinski definition) is 4. The quantitative estimate of drug-likeness (QED) is 0.849. The Hall–Kier alpha value is -1.68. The van der Waals surface area contributed by atoms with Crippen molar-refractivity contribution < 1.29 is 4.52 Å². The maximum atomic E-state index is 5.43. The molecule has 1 aromatic heterocycles. The van der Waals surface area contributed by atoms with Gasteiger partial charge in [-0.25, -0.2) is 0 Å². The molecule has 84 valence electrons. The largest absolute Gasteiger partial charge is 0.334 e. The second kappa shape index (κ2) is 4.90. The molecular formula is C12H15N3O. The van der Waals surface area contributed by atoms with E-state index in [0.29, 0.717) is 12.4 Å².